The van der Waals surface area contributed by atoms with Gasteiger partial charge >= 0.3 is 5.97 Å². The van der Waals surface area contributed by atoms with Gasteiger partial charge in [-0.25, -0.2) is 0 Å². The van der Waals surface area contributed by atoms with Crippen LogP contribution in [0.15, 0.2) is 109 Å². The van der Waals surface area contributed by atoms with Crippen molar-refractivity contribution >= 4 is 11.9 Å². The molecule has 0 aliphatic carbocycles. The molecule has 0 spiro atoms. The summed E-state index contributed by atoms with van der Waals surface area (Å²) in [5.41, 5.74) is 0. The number of rotatable bonds is 52. The minimum atomic E-state index is -1.63. The van der Waals surface area contributed by atoms with Crippen molar-refractivity contribution < 1.29 is 49.3 Å². The van der Waals surface area contributed by atoms with Crippen LogP contribution in [0.3, 0.4) is 0 Å². The van der Waals surface area contributed by atoms with Crippen molar-refractivity contribution in [1.29, 1.82) is 0 Å². The number of carbonyl (C=O) groups is 2. The number of unbranched alkanes of at least 4 members (excludes halogenated alkanes) is 24. The summed E-state index contributed by atoms with van der Waals surface area (Å²) in [6, 6.07) is -1.04. The van der Waals surface area contributed by atoms with Crippen LogP contribution in [0.2, 0.25) is 0 Å². The van der Waals surface area contributed by atoms with Gasteiger partial charge in [-0.1, -0.05) is 259 Å². The third-order valence-electron chi connectivity index (χ3n) is 14.2. The van der Waals surface area contributed by atoms with Gasteiger partial charge in [-0.15, -0.1) is 0 Å². The fraction of sp³-hybridized carbons (Fsp3) is 0.706. The van der Waals surface area contributed by atoms with E-state index in [1.165, 1.54) is 77.0 Å². The normalized spacial score (nSPS) is 19.6. The van der Waals surface area contributed by atoms with Crippen molar-refractivity contribution in [2.24, 2.45) is 0 Å². The van der Waals surface area contributed by atoms with Crippen molar-refractivity contribution in [3.8, 4) is 0 Å². The number of carbonyl (C=O) groups excluding carboxylic acids is 2. The Bertz CT molecular complexity index is 1700. The van der Waals surface area contributed by atoms with Gasteiger partial charge in [0.05, 0.1) is 25.4 Å². The van der Waals surface area contributed by atoms with Crippen LogP contribution in [0, 0.1) is 0 Å². The Morgan fingerprint density at radius 3 is 1.51 bits per heavy atom. The minimum absolute atomic E-state index is 0.0949. The molecule has 1 saturated heterocycles. The molecule has 79 heavy (non-hydrogen) atoms. The summed E-state index contributed by atoms with van der Waals surface area (Å²) in [6.07, 6.45) is 64.1. The highest BCUT2D eigenvalue weighted by atomic mass is 16.7. The first kappa shape index (κ1) is 73.3. The van der Waals surface area contributed by atoms with E-state index < -0.39 is 67.4 Å². The second-order valence-corrected chi connectivity index (χ2v) is 21.4. The summed E-state index contributed by atoms with van der Waals surface area (Å²) in [6.45, 7) is 5.52. The van der Waals surface area contributed by atoms with Crippen molar-refractivity contribution in [1.82, 2.24) is 5.32 Å². The third kappa shape index (κ3) is 42.8. The molecule has 6 N–H and O–H groups in total. The van der Waals surface area contributed by atoms with Crippen molar-refractivity contribution in [3.05, 3.63) is 109 Å². The van der Waals surface area contributed by atoms with E-state index in [4.69, 9.17) is 14.2 Å². The smallest absolute Gasteiger partial charge is 0.306 e. The average molecular weight is 1110 g/mol. The molecule has 1 heterocycles. The predicted molar refractivity (Wildman–Crippen MR) is 328 cm³/mol. The summed E-state index contributed by atoms with van der Waals surface area (Å²) in [4.78, 5) is 26.5. The standard InChI is InChI=1S/C68H115NO10/c1-4-7-10-13-16-19-22-25-26-27-28-29-30-31-32-33-34-35-38-40-43-46-49-52-55-61(72)67(76)69-59(60(71)54-51-48-45-42-39-36-23-20-17-14-11-8-5-2)58-77-68-66(65(75)64(74)62(57-70)78-68)79-63(73)56-53-50-47-44-41-37-24-21-18-15-12-9-6-3/h7,9-10,12,15-16,18-19,21,24-26,28-29,31-32,51,54,59-62,64-66,68,70-72,74-75H,4-6,8,11,13-14,17,20,22-23,27,30,33-50,52-53,55-58H2,1-3H3,(H,69,76)/b10-7-,12-9+,18-15+,19-16-,24-21-,26-25-,29-28-,32-31-,54-51+. The summed E-state index contributed by atoms with van der Waals surface area (Å²) in [7, 11) is 0. The maximum atomic E-state index is 13.4. The molecule has 452 valence electrons. The topological polar surface area (TPSA) is 175 Å². The van der Waals surface area contributed by atoms with E-state index in [1.807, 2.05) is 24.3 Å². The van der Waals surface area contributed by atoms with Gasteiger partial charge in [0.2, 0.25) is 5.91 Å². The Hall–Kier alpha value is -3.68. The minimum Gasteiger partial charge on any atom is -0.454 e. The Labute approximate surface area is 481 Å². The van der Waals surface area contributed by atoms with Crippen LogP contribution in [0.4, 0.5) is 0 Å². The molecule has 8 atom stereocenters. The number of nitrogens with one attached hydrogen (secondary N) is 1. The van der Waals surface area contributed by atoms with E-state index in [-0.39, 0.29) is 19.4 Å². The molecule has 11 nitrogen and oxygen atoms in total. The zero-order valence-electron chi connectivity index (χ0n) is 50.0. The van der Waals surface area contributed by atoms with Gasteiger partial charge in [0, 0.05) is 6.42 Å². The Morgan fingerprint density at radius 1 is 0.519 bits per heavy atom. The first-order valence-electron chi connectivity index (χ1n) is 31.7. The number of hydrogen-bond acceptors (Lipinski definition) is 10. The van der Waals surface area contributed by atoms with E-state index in [0.29, 0.717) is 12.8 Å². The molecule has 1 fully saturated rings. The van der Waals surface area contributed by atoms with Crippen molar-refractivity contribution in [2.75, 3.05) is 13.2 Å². The first-order chi connectivity index (χ1) is 38.7. The van der Waals surface area contributed by atoms with Crippen LogP contribution in [0.5, 0.6) is 0 Å². The van der Waals surface area contributed by atoms with Crippen LogP contribution in [0.1, 0.15) is 245 Å². The van der Waals surface area contributed by atoms with E-state index in [9.17, 15) is 35.1 Å². The highest BCUT2D eigenvalue weighted by molar-refractivity contribution is 5.80. The van der Waals surface area contributed by atoms with Gasteiger partial charge in [0.25, 0.3) is 0 Å². The molecule has 1 aliphatic rings. The monoisotopic (exact) mass is 1110 g/mol. The molecule has 1 rings (SSSR count). The van der Waals surface area contributed by atoms with Gasteiger partial charge in [-0.3, -0.25) is 9.59 Å². The number of hydrogen-bond donors (Lipinski definition) is 6. The second kappa shape index (κ2) is 54.9. The number of ether oxygens (including phenoxy) is 3. The molecule has 0 aromatic carbocycles. The molecule has 0 aromatic rings. The molecule has 0 radical (unpaired) electrons. The molecule has 0 aromatic heterocycles. The number of aliphatic hydroxyl groups excluding tert-OH is 5. The van der Waals surface area contributed by atoms with Gasteiger partial charge in [0.15, 0.2) is 12.4 Å². The predicted octanol–water partition coefficient (Wildman–Crippen LogP) is 15.3. The largest absolute Gasteiger partial charge is 0.454 e. The number of esters is 1. The van der Waals surface area contributed by atoms with Gasteiger partial charge in [0.1, 0.15) is 24.4 Å². The quantitative estimate of drug-likeness (QED) is 0.0149. The molecule has 11 heteroatoms. The molecule has 1 amide bonds. The fourth-order valence-electron chi connectivity index (χ4n) is 9.27. The first-order valence-corrected chi connectivity index (χ1v) is 31.7. The highest BCUT2D eigenvalue weighted by Crippen LogP contribution is 2.26. The van der Waals surface area contributed by atoms with Crippen LogP contribution < -0.4 is 5.32 Å². The van der Waals surface area contributed by atoms with E-state index in [1.54, 1.807) is 6.08 Å². The number of aliphatic hydroxyl groups is 5. The van der Waals surface area contributed by atoms with E-state index in [0.717, 1.165) is 122 Å². The summed E-state index contributed by atoms with van der Waals surface area (Å²) in [5.74, 6) is -1.23. The van der Waals surface area contributed by atoms with Crippen LogP contribution in [-0.2, 0) is 23.8 Å². The maximum Gasteiger partial charge on any atom is 0.306 e. The molecule has 0 bridgehead atoms. The number of allylic oxidation sites excluding steroid dienone is 17. The molecular weight excluding hydrogens is 991 g/mol. The zero-order valence-corrected chi connectivity index (χ0v) is 50.0. The lowest BCUT2D eigenvalue weighted by molar-refractivity contribution is -0.305. The molecule has 0 saturated carbocycles. The van der Waals surface area contributed by atoms with Gasteiger partial charge < -0.3 is 45.1 Å². The lowest BCUT2D eigenvalue weighted by atomic mass is 9.99. The van der Waals surface area contributed by atoms with Crippen molar-refractivity contribution in [3.63, 3.8) is 0 Å². The summed E-state index contributed by atoms with van der Waals surface area (Å²) < 4.78 is 17.6. The van der Waals surface area contributed by atoms with Gasteiger partial charge in [-0.2, -0.15) is 0 Å². The van der Waals surface area contributed by atoms with Gasteiger partial charge in [-0.05, 0) is 89.9 Å². The lowest BCUT2D eigenvalue weighted by Gasteiger charge is -2.41. The molecular formula is C68H115NO10. The maximum absolute atomic E-state index is 13.4. The van der Waals surface area contributed by atoms with Crippen LogP contribution in [0.25, 0.3) is 0 Å². The van der Waals surface area contributed by atoms with E-state index >= 15 is 0 Å². The fourth-order valence-corrected chi connectivity index (χ4v) is 9.27. The molecule has 1 aliphatic heterocycles. The van der Waals surface area contributed by atoms with Crippen molar-refractivity contribution in [2.45, 2.75) is 294 Å². The summed E-state index contributed by atoms with van der Waals surface area (Å²) >= 11 is 0. The SMILES string of the molecule is CC/C=C\C/C=C\C/C=C\C/C=C\C/C=C\CCCCCCCCCCC(O)C(=O)NC(COC1OC(CO)C(O)C(O)C1OC(=O)CCCCCCC\C=C/C=C/C=C/CC)C(O)/C=C/CCCCCCCCCCCCC. The average Bonchev–Trinajstić information content (AvgIpc) is 3.48. The second-order valence-electron chi connectivity index (χ2n) is 21.4. The Morgan fingerprint density at radius 2 is 0.975 bits per heavy atom. The van der Waals surface area contributed by atoms with Crippen LogP contribution >= 0.6 is 0 Å². The zero-order chi connectivity index (χ0) is 57.5. The molecule has 8 unspecified atom stereocenters. The number of amides is 1. The lowest BCUT2D eigenvalue weighted by Crippen LogP contribution is -2.61. The third-order valence-corrected chi connectivity index (χ3v) is 14.2. The van der Waals surface area contributed by atoms with Crippen LogP contribution in [-0.4, -0.2) is 99.6 Å². The highest BCUT2D eigenvalue weighted by Gasteiger charge is 2.47. The Kier molecular flexibility index (Phi) is 50.9. The Balaban J connectivity index is 2.66. The van der Waals surface area contributed by atoms with E-state index in [2.05, 4.69) is 105 Å². The summed E-state index contributed by atoms with van der Waals surface area (Å²) in [5, 5.41) is 57.0.